The van der Waals surface area contributed by atoms with Crippen LogP contribution in [0, 0.1) is 0 Å². The van der Waals surface area contributed by atoms with Gasteiger partial charge in [0.05, 0.1) is 30.0 Å². The minimum absolute atomic E-state index is 0.0186. The number of carbonyl (C=O) groups is 2. The molecule has 230 valence electrons. The van der Waals surface area contributed by atoms with Crippen LogP contribution >= 0.6 is 23.4 Å². The van der Waals surface area contributed by atoms with Crippen LogP contribution in [0.5, 0.6) is 5.75 Å². The second-order valence-corrected chi connectivity index (χ2v) is 13.3. The molecule has 0 saturated carbocycles. The van der Waals surface area contributed by atoms with Gasteiger partial charge in [0.25, 0.3) is 5.91 Å². The van der Waals surface area contributed by atoms with E-state index in [0.29, 0.717) is 51.8 Å². The van der Waals surface area contributed by atoms with E-state index in [4.69, 9.17) is 16.3 Å². The van der Waals surface area contributed by atoms with Crippen LogP contribution in [-0.2, 0) is 21.4 Å². The lowest BCUT2D eigenvalue weighted by atomic mass is 10.2. The van der Waals surface area contributed by atoms with Gasteiger partial charge < -0.3 is 15.4 Å². The molecule has 2 N–H and O–H groups in total. The zero-order valence-corrected chi connectivity index (χ0v) is 26.3. The van der Waals surface area contributed by atoms with Crippen LogP contribution in [0.1, 0.15) is 35.4 Å². The molecular formula is C30H31ClN6O5S2. The Balaban J connectivity index is 1.26. The van der Waals surface area contributed by atoms with Crippen LogP contribution in [0.4, 0.5) is 5.69 Å². The van der Waals surface area contributed by atoms with Crippen molar-refractivity contribution < 1.29 is 22.7 Å². The van der Waals surface area contributed by atoms with Gasteiger partial charge in [-0.3, -0.25) is 14.2 Å². The maximum Gasteiger partial charge on any atom is 0.251 e. The SMILES string of the molecule is COc1ccc(NC(=O)CSc2nnc(CNC(=O)c3ccc(S(=O)(=O)N4CCCCC4)cc3)n2-c2cccc(Cl)c2)cc1. The summed E-state index contributed by atoms with van der Waals surface area (Å²) in [6.07, 6.45) is 2.71. The van der Waals surface area contributed by atoms with Gasteiger partial charge in [0, 0.05) is 29.4 Å². The molecule has 0 aliphatic carbocycles. The second-order valence-electron chi connectivity index (χ2n) is 9.95. The topological polar surface area (TPSA) is 136 Å². The summed E-state index contributed by atoms with van der Waals surface area (Å²) in [5.74, 6) is 0.526. The van der Waals surface area contributed by atoms with Crippen molar-refractivity contribution in [3.05, 3.63) is 89.2 Å². The normalized spacial score (nSPS) is 13.8. The molecule has 1 aliphatic heterocycles. The number of nitrogens with zero attached hydrogens (tertiary/aromatic N) is 4. The Morgan fingerprint density at radius 2 is 1.70 bits per heavy atom. The van der Waals surface area contributed by atoms with Crippen molar-refractivity contribution in [2.24, 2.45) is 0 Å². The number of anilines is 1. The molecule has 1 saturated heterocycles. The van der Waals surface area contributed by atoms with Crippen molar-refractivity contribution in [2.45, 2.75) is 35.9 Å². The molecule has 0 unspecified atom stereocenters. The van der Waals surface area contributed by atoms with Crippen molar-refractivity contribution in [2.75, 3.05) is 31.3 Å². The Bertz CT molecular complexity index is 1720. The van der Waals surface area contributed by atoms with Gasteiger partial charge in [0.15, 0.2) is 11.0 Å². The number of benzene rings is 3. The molecule has 1 aliphatic rings. The van der Waals surface area contributed by atoms with Crippen LogP contribution in [-0.4, -0.2) is 65.3 Å². The molecule has 0 atom stereocenters. The van der Waals surface area contributed by atoms with Crippen LogP contribution in [0.15, 0.2) is 82.8 Å². The Morgan fingerprint density at radius 3 is 2.39 bits per heavy atom. The van der Waals surface area contributed by atoms with E-state index in [-0.39, 0.29) is 23.1 Å². The molecule has 1 fully saturated rings. The molecule has 1 aromatic heterocycles. The molecular weight excluding hydrogens is 624 g/mol. The highest BCUT2D eigenvalue weighted by molar-refractivity contribution is 7.99. The number of carbonyl (C=O) groups excluding carboxylic acids is 2. The monoisotopic (exact) mass is 654 g/mol. The minimum atomic E-state index is -3.60. The van der Waals surface area contributed by atoms with E-state index in [2.05, 4.69) is 20.8 Å². The highest BCUT2D eigenvalue weighted by atomic mass is 35.5. The number of nitrogens with one attached hydrogen (secondary N) is 2. The number of rotatable bonds is 11. The van der Waals surface area contributed by atoms with E-state index in [1.807, 2.05) is 6.07 Å². The van der Waals surface area contributed by atoms with Crippen LogP contribution < -0.4 is 15.4 Å². The number of piperidine rings is 1. The van der Waals surface area contributed by atoms with Crippen molar-refractivity contribution in [3.8, 4) is 11.4 Å². The van der Waals surface area contributed by atoms with Crippen molar-refractivity contribution in [1.29, 1.82) is 0 Å². The van der Waals surface area contributed by atoms with Gasteiger partial charge in [-0.15, -0.1) is 10.2 Å². The third-order valence-electron chi connectivity index (χ3n) is 6.95. The number of hydrogen-bond acceptors (Lipinski definition) is 8. The third kappa shape index (κ3) is 7.59. The van der Waals surface area contributed by atoms with E-state index in [0.717, 1.165) is 19.3 Å². The summed E-state index contributed by atoms with van der Waals surface area (Å²) in [6.45, 7) is 1.03. The lowest BCUT2D eigenvalue weighted by Crippen LogP contribution is -2.35. The Morgan fingerprint density at radius 1 is 0.977 bits per heavy atom. The van der Waals surface area contributed by atoms with Crippen molar-refractivity contribution >= 4 is 50.9 Å². The Hall–Kier alpha value is -3.91. The zero-order valence-electron chi connectivity index (χ0n) is 23.9. The first-order chi connectivity index (χ1) is 21.2. The standard InChI is InChI=1S/C30H31ClN6O5S2/c1-42-25-12-10-23(11-13-25)33-28(38)20-43-30-35-34-27(37(30)24-7-5-6-22(31)18-24)19-32-29(39)21-8-14-26(15-9-21)44(40,41)36-16-3-2-4-17-36/h5-15,18H,2-4,16-17,19-20H2,1H3,(H,32,39)(H,33,38). The number of hydrogen-bond donors (Lipinski definition) is 2. The first-order valence-electron chi connectivity index (χ1n) is 13.9. The summed E-state index contributed by atoms with van der Waals surface area (Å²) in [5, 5.41) is 15.1. The Labute approximate surface area is 265 Å². The van der Waals surface area contributed by atoms with Gasteiger partial charge in [0.1, 0.15) is 5.75 Å². The number of aromatic nitrogens is 3. The van der Waals surface area contributed by atoms with E-state index >= 15 is 0 Å². The zero-order chi connectivity index (χ0) is 31.1. The van der Waals surface area contributed by atoms with Gasteiger partial charge in [-0.2, -0.15) is 4.31 Å². The fourth-order valence-corrected chi connectivity index (χ4v) is 7.15. The molecule has 2 amide bonds. The predicted octanol–water partition coefficient (Wildman–Crippen LogP) is 4.76. The van der Waals surface area contributed by atoms with Crippen molar-refractivity contribution in [3.63, 3.8) is 0 Å². The summed E-state index contributed by atoms with van der Waals surface area (Å²) in [6, 6.07) is 20.0. The van der Waals surface area contributed by atoms with Gasteiger partial charge >= 0.3 is 0 Å². The predicted molar refractivity (Wildman–Crippen MR) is 169 cm³/mol. The van der Waals surface area contributed by atoms with Crippen LogP contribution in [0.3, 0.4) is 0 Å². The molecule has 11 nitrogen and oxygen atoms in total. The molecule has 14 heteroatoms. The van der Waals surface area contributed by atoms with Gasteiger partial charge in [-0.25, -0.2) is 8.42 Å². The smallest absolute Gasteiger partial charge is 0.251 e. The molecule has 0 bridgehead atoms. The third-order valence-corrected chi connectivity index (χ3v) is 10.0. The fraction of sp³-hybridized carbons (Fsp3) is 0.267. The molecule has 4 aromatic rings. The van der Waals surface area contributed by atoms with E-state index in [1.165, 1.54) is 40.3 Å². The number of ether oxygens (including phenoxy) is 1. The lowest BCUT2D eigenvalue weighted by Gasteiger charge is -2.25. The average molecular weight is 655 g/mol. The number of thioether (sulfide) groups is 1. The number of halogens is 1. The fourth-order valence-electron chi connectivity index (χ4n) is 4.68. The minimum Gasteiger partial charge on any atom is -0.497 e. The summed E-state index contributed by atoms with van der Waals surface area (Å²) >= 11 is 7.44. The first kappa shape index (κ1) is 31.5. The maximum absolute atomic E-state index is 13.0. The Kier molecular flexibility index (Phi) is 10.2. The number of amides is 2. The van der Waals surface area contributed by atoms with Gasteiger partial charge in [0.2, 0.25) is 15.9 Å². The van der Waals surface area contributed by atoms with Crippen LogP contribution in [0.25, 0.3) is 5.69 Å². The molecule has 0 spiro atoms. The lowest BCUT2D eigenvalue weighted by molar-refractivity contribution is -0.113. The molecule has 5 rings (SSSR count). The average Bonchev–Trinajstić information content (AvgIpc) is 3.46. The van der Waals surface area contributed by atoms with Gasteiger partial charge in [-0.05, 0) is 79.6 Å². The molecule has 44 heavy (non-hydrogen) atoms. The number of sulfonamides is 1. The highest BCUT2D eigenvalue weighted by Gasteiger charge is 2.26. The molecule has 2 heterocycles. The molecule has 0 radical (unpaired) electrons. The second kappa shape index (κ2) is 14.2. The highest BCUT2D eigenvalue weighted by Crippen LogP contribution is 2.25. The van der Waals surface area contributed by atoms with Crippen molar-refractivity contribution in [1.82, 2.24) is 24.4 Å². The summed E-state index contributed by atoms with van der Waals surface area (Å²) in [5.41, 5.74) is 1.60. The molecule has 3 aromatic carbocycles. The number of methoxy groups -OCH3 is 1. The van der Waals surface area contributed by atoms with E-state index < -0.39 is 15.9 Å². The quantitative estimate of drug-likeness (QED) is 0.221. The summed E-state index contributed by atoms with van der Waals surface area (Å²) in [7, 11) is -2.02. The summed E-state index contributed by atoms with van der Waals surface area (Å²) in [4.78, 5) is 25.8. The maximum atomic E-state index is 13.0. The van der Waals surface area contributed by atoms with E-state index in [1.54, 1.807) is 54.1 Å². The van der Waals surface area contributed by atoms with Gasteiger partial charge in [-0.1, -0.05) is 35.9 Å². The summed E-state index contributed by atoms with van der Waals surface area (Å²) < 4.78 is 34.3. The first-order valence-corrected chi connectivity index (χ1v) is 16.7. The van der Waals surface area contributed by atoms with Crippen LogP contribution in [0.2, 0.25) is 5.02 Å². The van der Waals surface area contributed by atoms with E-state index in [9.17, 15) is 18.0 Å². The largest absolute Gasteiger partial charge is 0.497 e.